The number of nitrogens with zero attached hydrogens (tertiary/aromatic N) is 2. The standard InChI is InChI=1S/C12H20N4O2S/c1-7-6-19-10(13-7)8(2)14-12(18)15-9(3)11(17)16(4)5/h6,8-9H,1-5H3,(H2,14,15,18)/t8-,9-/m0/s1. The van der Waals surface area contributed by atoms with E-state index in [1.807, 2.05) is 19.2 Å². The van der Waals surface area contributed by atoms with Gasteiger partial charge in [0.2, 0.25) is 5.91 Å². The summed E-state index contributed by atoms with van der Waals surface area (Å²) in [6.45, 7) is 5.42. The lowest BCUT2D eigenvalue weighted by Gasteiger charge is -2.19. The third kappa shape index (κ3) is 4.51. The van der Waals surface area contributed by atoms with Crippen molar-refractivity contribution in [3.8, 4) is 0 Å². The van der Waals surface area contributed by atoms with E-state index in [9.17, 15) is 9.59 Å². The number of nitrogens with one attached hydrogen (secondary N) is 2. The summed E-state index contributed by atoms with van der Waals surface area (Å²) < 4.78 is 0. The topological polar surface area (TPSA) is 74.3 Å². The van der Waals surface area contributed by atoms with Crippen molar-refractivity contribution < 1.29 is 9.59 Å². The Hall–Kier alpha value is -1.63. The van der Waals surface area contributed by atoms with Crippen LogP contribution < -0.4 is 10.6 Å². The normalized spacial score (nSPS) is 13.5. The van der Waals surface area contributed by atoms with Crippen LogP contribution in [0.15, 0.2) is 5.38 Å². The number of urea groups is 1. The molecule has 2 atom stereocenters. The van der Waals surface area contributed by atoms with Gasteiger partial charge in [0.1, 0.15) is 11.0 Å². The molecule has 1 rings (SSSR count). The molecule has 2 N–H and O–H groups in total. The molecule has 0 spiro atoms. The van der Waals surface area contributed by atoms with Crippen molar-refractivity contribution in [1.82, 2.24) is 20.5 Å². The van der Waals surface area contributed by atoms with Gasteiger partial charge in [-0.1, -0.05) is 0 Å². The van der Waals surface area contributed by atoms with Crippen molar-refractivity contribution in [1.29, 1.82) is 0 Å². The van der Waals surface area contributed by atoms with Crippen molar-refractivity contribution in [2.45, 2.75) is 32.9 Å². The van der Waals surface area contributed by atoms with Gasteiger partial charge in [0.15, 0.2) is 0 Å². The molecular weight excluding hydrogens is 264 g/mol. The number of carbonyl (C=O) groups excluding carboxylic acids is 2. The molecular formula is C12H20N4O2S. The second-order valence-corrected chi connectivity index (χ2v) is 5.51. The molecule has 7 heteroatoms. The fourth-order valence-corrected chi connectivity index (χ4v) is 2.32. The van der Waals surface area contributed by atoms with Crippen molar-refractivity contribution in [2.24, 2.45) is 0 Å². The van der Waals surface area contributed by atoms with Crippen LogP contribution >= 0.6 is 11.3 Å². The Balaban J connectivity index is 2.49. The van der Waals surface area contributed by atoms with Crippen molar-refractivity contribution >= 4 is 23.3 Å². The monoisotopic (exact) mass is 284 g/mol. The quantitative estimate of drug-likeness (QED) is 0.875. The van der Waals surface area contributed by atoms with Gasteiger partial charge in [-0.25, -0.2) is 9.78 Å². The van der Waals surface area contributed by atoms with E-state index in [1.165, 1.54) is 16.2 Å². The van der Waals surface area contributed by atoms with Crippen molar-refractivity contribution in [3.05, 3.63) is 16.1 Å². The summed E-state index contributed by atoms with van der Waals surface area (Å²) in [6.07, 6.45) is 0. The molecule has 0 saturated heterocycles. The number of aryl methyl sites for hydroxylation is 1. The van der Waals surface area contributed by atoms with Crippen LogP contribution in [0.2, 0.25) is 0 Å². The van der Waals surface area contributed by atoms with E-state index in [2.05, 4.69) is 15.6 Å². The van der Waals surface area contributed by atoms with Crippen LogP contribution in [0.3, 0.4) is 0 Å². The molecule has 0 aliphatic heterocycles. The molecule has 0 aromatic carbocycles. The van der Waals surface area contributed by atoms with Crippen LogP contribution in [0.1, 0.15) is 30.6 Å². The minimum Gasteiger partial charge on any atom is -0.347 e. The molecule has 0 aliphatic rings. The molecule has 0 fully saturated rings. The molecule has 3 amide bonds. The lowest BCUT2D eigenvalue weighted by molar-refractivity contribution is -0.130. The first-order valence-corrected chi connectivity index (χ1v) is 6.89. The first-order chi connectivity index (χ1) is 8.81. The largest absolute Gasteiger partial charge is 0.347 e. The first kappa shape index (κ1) is 15.4. The number of amides is 3. The number of hydrogen-bond donors (Lipinski definition) is 2. The van der Waals surface area contributed by atoms with E-state index in [0.29, 0.717) is 0 Å². The lowest BCUT2D eigenvalue weighted by Crippen LogP contribution is -2.48. The summed E-state index contributed by atoms with van der Waals surface area (Å²) in [5, 5.41) is 8.15. The number of likely N-dealkylation sites (N-methyl/N-ethyl adjacent to an activating group) is 1. The average Bonchev–Trinajstić information content (AvgIpc) is 2.74. The van der Waals surface area contributed by atoms with Crippen LogP contribution in [0.25, 0.3) is 0 Å². The van der Waals surface area contributed by atoms with Gasteiger partial charge in [-0.05, 0) is 20.8 Å². The Morgan fingerprint density at radius 1 is 1.32 bits per heavy atom. The SMILES string of the molecule is Cc1csc([C@H](C)NC(=O)N[C@@H](C)C(=O)N(C)C)n1. The Bertz CT molecular complexity index is 458. The highest BCUT2D eigenvalue weighted by atomic mass is 32.1. The zero-order valence-corrected chi connectivity index (χ0v) is 12.7. The second-order valence-electron chi connectivity index (χ2n) is 4.62. The minimum absolute atomic E-state index is 0.145. The molecule has 0 aliphatic carbocycles. The van der Waals surface area contributed by atoms with E-state index in [-0.39, 0.29) is 18.0 Å². The highest BCUT2D eigenvalue weighted by Crippen LogP contribution is 2.17. The Morgan fingerprint density at radius 3 is 2.42 bits per heavy atom. The number of hydrogen-bond acceptors (Lipinski definition) is 4. The van der Waals surface area contributed by atoms with Gasteiger partial charge < -0.3 is 15.5 Å². The first-order valence-electron chi connectivity index (χ1n) is 6.01. The third-order valence-corrected chi connectivity index (χ3v) is 3.66. The third-order valence-electron chi connectivity index (χ3n) is 2.51. The molecule has 106 valence electrons. The van der Waals surface area contributed by atoms with Crippen LogP contribution in [-0.2, 0) is 4.79 Å². The van der Waals surface area contributed by atoms with Crippen molar-refractivity contribution in [3.63, 3.8) is 0 Å². The predicted molar refractivity (Wildman–Crippen MR) is 75.1 cm³/mol. The number of thiazole rings is 1. The Morgan fingerprint density at radius 2 is 1.95 bits per heavy atom. The van der Waals surface area contributed by atoms with E-state index < -0.39 is 6.04 Å². The van der Waals surface area contributed by atoms with Crippen LogP contribution in [0, 0.1) is 6.92 Å². The summed E-state index contributed by atoms with van der Waals surface area (Å²) >= 11 is 1.50. The van der Waals surface area contributed by atoms with Crippen molar-refractivity contribution in [2.75, 3.05) is 14.1 Å². The molecule has 19 heavy (non-hydrogen) atoms. The fraction of sp³-hybridized carbons (Fsp3) is 0.583. The zero-order chi connectivity index (χ0) is 14.6. The molecule has 0 unspecified atom stereocenters. The maximum Gasteiger partial charge on any atom is 0.315 e. The summed E-state index contributed by atoms with van der Waals surface area (Å²) in [5.41, 5.74) is 0.935. The maximum absolute atomic E-state index is 11.8. The molecule has 1 heterocycles. The number of rotatable bonds is 4. The van der Waals surface area contributed by atoms with Gasteiger partial charge in [-0.3, -0.25) is 4.79 Å². The molecule has 1 aromatic heterocycles. The van der Waals surface area contributed by atoms with E-state index in [1.54, 1.807) is 21.0 Å². The van der Waals surface area contributed by atoms with Gasteiger partial charge in [0, 0.05) is 25.2 Å². The molecule has 0 radical (unpaired) electrons. The van der Waals surface area contributed by atoms with Crippen LogP contribution in [0.5, 0.6) is 0 Å². The van der Waals surface area contributed by atoms with Gasteiger partial charge in [0.25, 0.3) is 0 Å². The van der Waals surface area contributed by atoms with Crippen LogP contribution in [0.4, 0.5) is 4.79 Å². The molecule has 6 nitrogen and oxygen atoms in total. The van der Waals surface area contributed by atoms with E-state index in [4.69, 9.17) is 0 Å². The van der Waals surface area contributed by atoms with Gasteiger partial charge in [0.05, 0.1) is 6.04 Å². The Kier molecular flexibility index (Phi) is 5.29. The highest BCUT2D eigenvalue weighted by molar-refractivity contribution is 7.09. The zero-order valence-electron chi connectivity index (χ0n) is 11.9. The summed E-state index contributed by atoms with van der Waals surface area (Å²) in [7, 11) is 3.30. The summed E-state index contributed by atoms with van der Waals surface area (Å²) in [6, 6.07) is -1.11. The van der Waals surface area contributed by atoms with Gasteiger partial charge >= 0.3 is 6.03 Å². The molecule has 0 bridgehead atoms. The molecule has 1 aromatic rings. The average molecular weight is 284 g/mol. The number of aromatic nitrogens is 1. The Labute approximate surface area is 117 Å². The van der Waals surface area contributed by atoms with E-state index in [0.717, 1.165) is 10.7 Å². The highest BCUT2D eigenvalue weighted by Gasteiger charge is 2.19. The summed E-state index contributed by atoms with van der Waals surface area (Å²) in [4.78, 5) is 29.1. The summed E-state index contributed by atoms with van der Waals surface area (Å²) in [5.74, 6) is -0.145. The van der Waals surface area contributed by atoms with Crippen LogP contribution in [-0.4, -0.2) is 42.0 Å². The van der Waals surface area contributed by atoms with E-state index >= 15 is 0 Å². The smallest absolute Gasteiger partial charge is 0.315 e. The maximum atomic E-state index is 11.8. The second kappa shape index (κ2) is 6.51. The minimum atomic E-state index is -0.555. The predicted octanol–water partition coefficient (Wildman–Crippen LogP) is 1.29. The van der Waals surface area contributed by atoms with Gasteiger partial charge in [-0.2, -0.15) is 0 Å². The van der Waals surface area contributed by atoms with Gasteiger partial charge in [-0.15, -0.1) is 11.3 Å². The number of carbonyl (C=O) groups is 2. The molecule has 0 saturated carbocycles. The lowest BCUT2D eigenvalue weighted by atomic mass is 10.3. The fourth-order valence-electron chi connectivity index (χ4n) is 1.52.